The predicted octanol–water partition coefficient (Wildman–Crippen LogP) is 3.43. The lowest BCUT2D eigenvalue weighted by Crippen LogP contribution is -2.42. The topological polar surface area (TPSA) is 96.1 Å². The number of hydrogen-bond donors (Lipinski definition) is 2. The van der Waals surface area contributed by atoms with Crippen molar-refractivity contribution in [2.45, 2.75) is 51.6 Å². The van der Waals surface area contributed by atoms with Crippen LogP contribution in [0.15, 0.2) is 12.1 Å². The van der Waals surface area contributed by atoms with Crippen LogP contribution in [0.4, 0.5) is 23.7 Å². The Hall–Kier alpha value is -2.49. The zero-order valence-corrected chi connectivity index (χ0v) is 16.8. The van der Waals surface area contributed by atoms with Crippen molar-refractivity contribution in [3.8, 4) is 0 Å². The molecule has 1 atom stereocenters. The van der Waals surface area contributed by atoms with Gasteiger partial charge >= 0.3 is 18.2 Å². The van der Waals surface area contributed by atoms with Crippen LogP contribution < -0.4 is 5.73 Å². The highest BCUT2D eigenvalue weighted by atomic mass is 19.4. The van der Waals surface area contributed by atoms with E-state index >= 15 is 0 Å². The van der Waals surface area contributed by atoms with E-state index in [1.807, 2.05) is 0 Å². The lowest BCUT2D eigenvalue weighted by molar-refractivity contribution is -0.138. The first-order valence-electron chi connectivity index (χ1n) is 9.10. The van der Waals surface area contributed by atoms with Gasteiger partial charge in [-0.1, -0.05) is 0 Å². The fourth-order valence-electron chi connectivity index (χ4n) is 3.24. The molecule has 1 heterocycles. The number of carbonyl (C=O) groups excluding carboxylic acids is 1. The highest BCUT2D eigenvalue weighted by Crippen LogP contribution is 2.35. The standard InChI is InChI=1S/C19H26F3N3O4/c1-18(2,3)29-17(28)24(4)12-5-6-25(10-12)9-11-7-15(23)13(16(26)27)8-14(11)19(20,21)22/h7-8,12H,5-6,9-10,23H2,1-4H3,(H,26,27)/t12-/m1/s1. The largest absolute Gasteiger partial charge is 0.478 e. The minimum absolute atomic E-state index is 0.0579. The summed E-state index contributed by atoms with van der Waals surface area (Å²) in [5, 5.41) is 9.05. The number of rotatable bonds is 4. The number of alkyl halides is 3. The molecular formula is C19H26F3N3O4. The summed E-state index contributed by atoms with van der Waals surface area (Å²) in [6.07, 6.45) is -4.62. The second-order valence-corrected chi connectivity index (χ2v) is 8.17. The maximum Gasteiger partial charge on any atom is 0.416 e. The van der Waals surface area contributed by atoms with Gasteiger partial charge < -0.3 is 20.5 Å². The van der Waals surface area contributed by atoms with Gasteiger partial charge in [0.1, 0.15) is 5.60 Å². The number of benzene rings is 1. The Morgan fingerprint density at radius 3 is 2.45 bits per heavy atom. The van der Waals surface area contributed by atoms with E-state index in [-0.39, 0.29) is 23.8 Å². The molecule has 1 aromatic rings. The van der Waals surface area contributed by atoms with E-state index in [1.54, 1.807) is 32.7 Å². The number of carbonyl (C=O) groups is 2. The minimum Gasteiger partial charge on any atom is -0.478 e. The van der Waals surface area contributed by atoms with Crippen molar-refractivity contribution in [2.24, 2.45) is 0 Å². The Bertz CT molecular complexity index is 790. The molecule has 2 rings (SSSR count). The van der Waals surface area contributed by atoms with Gasteiger partial charge in [-0.05, 0) is 44.9 Å². The van der Waals surface area contributed by atoms with Gasteiger partial charge in [-0.25, -0.2) is 9.59 Å². The van der Waals surface area contributed by atoms with E-state index in [2.05, 4.69) is 0 Å². The van der Waals surface area contributed by atoms with Crippen LogP contribution in [0.3, 0.4) is 0 Å². The summed E-state index contributed by atoms with van der Waals surface area (Å²) in [4.78, 5) is 26.6. The number of carboxylic acid groups (broad SMARTS) is 1. The van der Waals surface area contributed by atoms with Gasteiger partial charge in [0.05, 0.1) is 11.1 Å². The van der Waals surface area contributed by atoms with Gasteiger partial charge in [-0.2, -0.15) is 13.2 Å². The highest BCUT2D eigenvalue weighted by molar-refractivity contribution is 5.94. The zero-order chi connectivity index (χ0) is 22.1. The first-order chi connectivity index (χ1) is 13.2. The van der Waals surface area contributed by atoms with Crippen LogP contribution in [0.25, 0.3) is 0 Å². The molecule has 0 bridgehead atoms. The van der Waals surface area contributed by atoms with Gasteiger partial charge in [0.15, 0.2) is 0 Å². The van der Waals surface area contributed by atoms with Crippen LogP contribution in [0.2, 0.25) is 0 Å². The molecule has 29 heavy (non-hydrogen) atoms. The SMILES string of the molecule is CN(C(=O)OC(C)(C)C)[C@@H]1CCN(Cc2cc(N)c(C(=O)O)cc2C(F)(F)F)C1. The average Bonchev–Trinajstić information content (AvgIpc) is 2.99. The monoisotopic (exact) mass is 417 g/mol. The number of hydrogen-bond acceptors (Lipinski definition) is 5. The van der Waals surface area contributed by atoms with E-state index in [0.717, 1.165) is 6.07 Å². The van der Waals surface area contributed by atoms with Crippen LogP contribution in [-0.2, 0) is 17.5 Å². The summed E-state index contributed by atoms with van der Waals surface area (Å²) in [6.45, 7) is 6.05. The number of nitrogens with two attached hydrogens (primary N) is 1. The Labute approximate surface area is 167 Å². The van der Waals surface area contributed by atoms with E-state index < -0.39 is 35.0 Å². The smallest absolute Gasteiger partial charge is 0.416 e. The Morgan fingerprint density at radius 2 is 1.93 bits per heavy atom. The number of carboxylic acids is 1. The van der Waals surface area contributed by atoms with E-state index in [4.69, 9.17) is 15.6 Å². The zero-order valence-electron chi connectivity index (χ0n) is 16.8. The van der Waals surface area contributed by atoms with Gasteiger partial charge in [0, 0.05) is 38.4 Å². The van der Waals surface area contributed by atoms with Crippen molar-refractivity contribution in [1.82, 2.24) is 9.80 Å². The average molecular weight is 417 g/mol. The summed E-state index contributed by atoms with van der Waals surface area (Å²) in [5.41, 5.74) is 3.09. The summed E-state index contributed by atoms with van der Waals surface area (Å²) in [6, 6.07) is 1.44. The molecule has 162 valence electrons. The summed E-state index contributed by atoms with van der Waals surface area (Å²) >= 11 is 0. The van der Waals surface area contributed by atoms with Crippen LogP contribution >= 0.6 is 0 Å². The number of ether oxygens (including phenoxy) is 1. The van der Waals surface area contributed by atoms with Crippen LogP contribution in [0.5, 0.6) is 0 Å². The number of anilines is 1. The van der Waals surface area contributed by atoms with Crippen molar-refractivity contribution in [2.75, 3.05) is 25.9 Å². The maximum atomic E-state index is 13.4. The lowest BCUT2D eigenvalue weighted by Gasteiger charge is -2.28. The molecule has 1 aliphatic heterocycles. The van der Waals surface area contributed by atoms with Crippen molar-refractivity contribution < 1.29 is 32.6 Å². The van der Waals surface area contributed by atoms with Crippen molar-refractivity contribution in [3.05, 3.63) is 28.8 Å². The molecule has 1 saturated heterocycles. The molecule has 0 radical (unpaired) electrons. The second kappa shape index (κ2) is 8.10. The molecule has 0 saturated carbocycles. The Kier molecular flexibility index (Phi) is 6.36. The molecule has 1 aliphatic rings. The molecule has 1 amide bonds. The Balaban J connectivity index is 2.16. The van der Waals surface area contributed by atoms with Gasteiger partial charge in [-0.3, -0.25) is 4.90 Å². The molecular weight excluding hydrogens is 391 g/mol. The molecule has 10 heteroatoms. The summed E-state index contributed by atoms with van der Waals surface area (Å²) in [7, 11) is 1.60. The van der Waals surface area contributed by atoms with E-state index in [9.17, 15) is 22.8 Å². The maximum absolute atomic E-state index is 13.4. The number of likely N-dealkylation sites (N-methyl/N-ethyl adjacent to an activating group) is 1. The normalized spacial score (nSPS) is 18.0. The quantitative estimate of drug-likeness (QED) is 0.729. The number of likely N-dealkylation sites (tertiary alicyclic amines) is 1. The van der Waals surface area contributed by atoms with Crippen LogP contribution in [0.1, 0.15) is 48.7 Å². The summed E-state index contributed by atoms with van der Waals surface area (Å²) < 4.78 is 45.7. The number of aromatic carboxylic acids is 1. The molecule has 1 aromatic carbocycles. The third-order valence-electron chi connectivity index (χ3n) is 4.68. The van der Waals surface area contributed by atoms with E-state index in [1.165, 1.54) is 4.90 Å². The first kappa shape index (κ1) is 22.8. The van der Waals surface area contributed by atoms with E-state index in [0.29, 0.717) is 25.6 Å². The second-order valence-electron chi connectivity index (χ2n) is 8.17. The first-order valence-corrected chi connectivity index (χ1v) is 9.10. The fraction of sp³-hybridized carbons (Fsp3) is 0.579. The van der Waals surface area contributed by atoms with Gasteiger partial charge in [0.25, 0.3) is 0 Å². The number of nitrogens with zero attached hydrogens (tertiary/aromatic N) is 2. The minimum atomic E-state index is -4.71. The highest BCUT2D eigenvalue weighted by Gasteiger charge is 2.37. The molecule has 7 nitrogen and oxygen atoms in total. The van der Waals surface area contributed by atoms with Crippen LogP contribution in [-0.4, -0.2) is 58.7 Å². The van der Waals surface area contributed by atoms with Crippen molar-refractivity contribution in [1.29, 1.82) is 0 Å². The third kappa shape index (κ3) is 5.75. The summed E-state index contributed by atoms with van der Waals surface area (Å²) in [5.74, 6) is -1.51. The molecule has 3 N–H and O–H groups in total. The molecule has 0 unspecified atom stereocenters. The van der Waals surface area contributed by atoms with Gasteiger partial charge in [-0.15, -0.1) is 0 Å². The lowest BCUT2D eigenvalue weighted by atomic mass is 10.0. The van der Waals surface area contributed by atoms with Crippen LogP contribution in [0, 0.1) is 0 Å². The number of amides is 1. The van der Waals surface area contributed by atoms with Crippen molar-refractivity contribution in [3.63, 3.8) is 0 Å². The predicted molar refractivity (Wildman–Crippen MR) is 100 cm³/mol. The molecule has 0 aliphatic carbocycles. The molecule has 0 aromatic heterocycles. The fourth-order valence-corrected chi connectivity index (χ4v) is 3.24. The molecule has 1 fully saturated rings. The number of halogens is 3. The van der Waals surface area contributed by atoms with Gasteiger partial charge in [0.2, 0.25) is 0 Å². The Morgan fingerprint density at radius 1 is 1.31 bits per heavy atom. The number of nitrogen functional groups attached to an aromatic ring is 1. The van der Waals surface area contributed by atoms with Crippen molar-refractivity contribution >= 4 is 17.7 Å². The third-order valence-corrected chi connectivity index (χ3v) is 4.68. The molecule has 0 spiro atoms.